The first-order valence-corrected chi connectivity index (χ1v) is 8.29. The Bertz CT molecular complexity index is 513. The zero-order chi connectivity index (χ0) is 16.1. The van der Waals surface area contributed by atoms with Crippen molar-refractivity contribution in [2.24, 2.45) is 11.8 Å². The maximum atomic E-state index is 13.0. The predicted octanol–water partition coefficient (Wildman–Crippen LogP) is 3.58. The second-order valence-electron chi connectivity index (χ2n) is 6.44. The number of carbonyl (C=O) groups excluding carboxylic acids is 1. The van der Waals surface area contributed by atoms with Crippen LogP contribution in [-0.2, 0) is 0 Å². The molecule has 1 aliphatic rings. The Hall–Kier alpha value is -1.13. The van der Waals surface area contributed by atoms with E-state index in [-0.39, 0.29) is 10.9 Å². The Morgan fingerprint density at radius 3 is 2.68 bits per heavy atom. The first kappa shape index (κ1) is 17.2. The van der Waals surface area contributed by atoms with Gasteiger partial charge in [0, 0.05) is 19.6 Å². The van der Waals surface area contributed by atoms with Crippen molar-refractivity contribution in [3.63, 3.8) is 0 Å². The second kappa shape index (κ2) is 7.93. The molecule has 1 fully saturated rings. The largest absolute Gasteiger partial charge is 0.352 e. The van der Waals surface area contributed by atoms with Crippen molar-refractivity contribution in [1.29, 1.82) is 0 Å². The van der Waals surface area contributed by atoms with E-state index in [1.54, 1.807) is 0 Å². The molecular weight excluding hydrogens is 303 g/mol. The zero-order valence-electron chi connectivity index (χ0n) is 13.2. The summed E-state index contributed by atoms with van der Waals surface area (Å²) >= 11 is 5.88. The highest BCUT2D eigenvalue weighted by molar-refractivity contribution is 6.33. The first-order chi connectivity index (χ1) is 10.5. The Balaban J connectivity index is 1.73. The van der Waals surface area contributed by atoms with Gasteiger partial charge in [0.15, 0.2) is 0 Å². The normalized spacial score (nSPS) is 22.5. The summed E-state index contributed by atoms with van der Waals surface area (Å²) < 4.78 is 13.0. The molecule has 0 aliphatic carbocycles. The molecule has 0 saturated carbocycles. The van der Waals surface area contributed by atoms with Crippen molar-refractivity contribution in [1.82, 2.24) is 10.2 Å². The van der Waals surface area contributed by atoms with Gasteiger partial charge in [-0.05, 0) is 49.4 Å². The lowest BCUT2D eigenvalue weighted by Crippen LogP contribution is -2.40. The first-order valence-electron chi connectivity index (χ1n) is 7.91. The summed E-state index contributed by atoms with van der Waals surface area (Å²) in [5.74, 6) is 0.813. The van der Waals surface area contributed by atoms with Crippen LogP contribution in [0.1, 0.15) is 37.0 Å². The number of halogens is 2. The summed E-state index contributed by atoms with van der Waals surface area (Å²) in [6, 6.07) is 3.82. The van der Waals surface area contributed by atoms with E-state index in [9.17, 15) is 9.18 Å². The third-order valence-corrected chi connectivity index (χ3v) is 4.37. The van der Waals surface area contributed by atoms with Crippen LogP contribution in [0.25, 0.3) is 0 Å². The van der Waals surface area contributed by atoms with Crippen molar-refractivity contribution >= 4 is 17.5 Å². The molecule has 1 saturated heterocycles. The van der Waals surface area contributed by atoms with Crippen LogP contribution in [0.2, 0.25) is 5.02 Å². The molecule has 1 aromatic rings. The monoisotopic (exact) mass is 326 g/mol. The molecule has 2 atom stereocenters. The third-order valence-electron chi connectivity index (χ3n) is 4.06. The summed E-state index contributed by atoms with van der Waals surface area (Å²) in [6.45, 7) is 8.46. The van der Waals surface area contributed by atoms with Gasteiger partial charge in [-0.15, -0.1) is 0 Å². The molecule has 1 amide bonds. The van der Waals surface area contributed by atoms with E-state index < -0.39 is 5.82 Å². The molecule has 5 heteroatoms. The molecule has 2 unspecified atom stereocenters. The topological polar surface area (TPSA) is 32.3 Å². The van der Waals surface area contributed by atoms with Gasteiger partial charge >= 0.3 is 0 Å². The molecule has 122 valence electrons. The quantitative estimate of drug-likeness (QED) is 0.839. The number of hydrogen-bond donors (Lipinski definition) is 1. The minimum atomic E-state index is -0.435. The van der Waals surface area contributed by atoms with Crippen molar-refractivity contribution < 1.29 is 9.18 Å². The smallest absolute Gasteiger partial charge is 0.252 e. The maximum Gasteiger partial charge on any atom is 0.252 e. The fourth-order valence-corrected chi connectivity index (χ4v) is 3.50. The Labute approximate surface area is 136 Å². The fourth-order valence-electron chi connectivity index (χ4n) is 3.25. The van der Waals surface area contributed by atoms with E-state index in [1.165, 1.54) is 18.6 Å². The molecule has 1 N–H and O–H groups in total. The summed E-state index contributed by atoms with van der Waals surface area (Å²) in [6.07, 6.45) is 2.21. The number of rotatable bonds is 5. The van der Waals surface area contributed by atoms with Crippen LogP contribution in [-0.4, -0.2) is 37.0 Å². The van der Waals surface area contributed by atoms with Gasteiger partial charge in [-0.2, -0.15) is 0 Å². The molecule has 1 heterocycles. The zero-order valence-corrected chi connectivity index (χ0v) is 14.0. The molecule has 3 nitrogen and oxygen atoms in total. The van der Waals surface area contributed by atoms with E-state index in [1.807, 2.05) is 0 Å². The molecular formula is C17H24ClFN2O. The second-order valence-corrected chi connectivity index (χ2v) is 6.85. The standard InChI is InChI=1S/C17H24ClFN2O/c1-12-8-13(2)11-21(10-12)7-3-6-20-17(22)15-5-4-14(19)9-16(15)18/h4-5,9,12-13H,3,6-8,10-11H2,1-2H3,(H,20,22). The van der Waals surface area contributed by atoms with Crippen LogP contribution in [0.4, 0.5) is 4.39 Å². The molecule has 0 aromatic heterocycles. The molecule has 0 spiro atoms. The van der Waals surface area contributed by atoms with Crippen LogP contribution >= 0.6 is 11.6 Å². The summed E-state index contributed by atoms with van der Waals surface area (Å²) in [5.41, 5.74) is 0.322. The molecule has 0 bridgehead atoms. The fraction of sp³-hybridized carbons (Fsp3) is 0.588. The molecule has 0 radical (unpaired) electrons. The summed E-state index contributed by atoms with van der Waals surface area (Å²) in [4.78, 5) is 14.5. The SMILES string of the molecule is CC1CC(C)CN(CCCNC(=O)c2ccc(F)cc2Cl)C1. The predicted molar refractivity (Wildman–Crippen MR) is 87.7 cm³/mol. The van der Waals surface area contributed by atoms with Crippen molar-refractivity contribution in [3.05, 3.63) is 34.6 Å². The number of carbonyl (C=O) groups is 1. The van der Waals surface area contributed by atoms with Gasteiger partial charge in [-0.3, -0.25) is 4.79 Å². The average molecular weight is 327 g/mol. The van der Waals surface area contributed by atoms with E-state index in [0.717, 1.165) is 44.0 Å². The van der Waals surface area contributed by atoms with Gasteiger partial charge < -0.3 is 10.2 Å². The summed E-state index contributed by atoms with van der Waals surface area (Å²) in [7, 11) is 0. The van der Waals surface area contributed by atoms with Gasteiger partial charge in [0.25, 0.3) is 5.91 Å². The number of nitrogens with one attached hydrogen (secondary N) is 1. The minimum Gasteiger partial charge on any atom is -0.352 e. The molecule has 22 heavy (non-hydrogen) atoms. The van der Waals surface area contributed by atoms with Gasteiger partial charge in [-0.25, -0.2) is 4.39 Å². The Morgan fingerprint density at radius 2 is 2.05 bits per heavy atom. The van der Waals surface area contributed by atoms with Crippen LogP contribution in [0.15, 0.2) is 18.2 Å². The number of piperidine rings is 1. The lowest BCUT2D eigenvalue weighted by Gasteiger charge is -2.34. The molecule has 1 aliphatic heterocycles. The number of hydrogen-bond acceptors (Lipinski definition) is 2. The minimum absolute atomic E-state index is 0.149. The number of benzene rings is 1. The van der Waals surface area contributed by atoms with Crippen LogP contribution in [0.5, 0.6) is 0 Å². The molecule has 2 rings (SSSR count). The lowest BCUT2D eigenvalue weighted by atomic mass is 9.92. The van der Waals surface area contributed by atoms with E-state index in [0.29, 0.717) is 12.1 Å². The van der Waals surface area contributed by atoms with E-state index in [4.69, 9.17) is 11.6 Å². The van der Waals surface area contributed by atoms with Crippen LogP contribution < -0.4 is 5.32 Å². The highest BCUT2D eigenvalue weighted by atomic mass is 35.5. The maximum absolute atomic E-state index is 13.0. The van der Waals surface area contributed by atoms with Crippen LogP contribution in [0, 0.1) is 17.7 Å². The van der Waals surface area contributed by atoms with Gasteiger partial charge in [0.2, 0.25) is 0 Å². The van der Waals surface area contributed by atoms with E-state index in [2.05, 4.69) is 24.1 Å². The van der Waals surface area contributed by atoms with Gasteiger partial charge in [-0.1, -0.05) is 25.4 Å². The van der Waals surface area contributed by atoms with Gasteiger partial charge in [0.05, 0.1) is 10.6 Å². The van der Waals surface area contributed by atoms with Crippen molar-refractivity contribution in [3.8, 4) is 0 Å². The Morgan fingerprint density at radius 1 is 1.36 bits per heavy atom. The average Bonchev–Trinajstić information content (AvgIpc) is 2.42. The Kier molecular flexibility index (Phi) is 6.21. The molecule has 1 aromatic carbocycles. The highest BCUT2D eigenvalue weighted by Crippen LogP contribution is 2.21. The lowest BCUT2D eigenvalue weighted by molar-refractivity contribution is 0.0947. The third kappa shape index (κ3) is 4.96. The number of likely N-dealkylation sites (tertiary alicyclic amines) is 1. The van der Waals surface area contributed by atoms with Crippen molar-refractivity contribution in [2.45, 2.75) is 26.7 Å². The van der Waals surface area contributed by atoms with E-state index >= 15 is 0 Å². The number of nitrogens with zero attached hydrogens (tertiary/aromatic N) is 1. The highest BCUT2D eigenvalue weighted by Gasteiger charge is 2.21. The summed E-state index contributed by atoms with van der Waals surface area (Å²) in [5, 5.41) is 3.00. The van der Waals surface area contributed by atoms with Gasteiger partial charge in [0.1, 0.15) is 5.82 Å². The van der Waals surface area contributed by atoms with Crippen molar-refractivity contribution in [2.75, 3.05) is 26.2 Å². The van der Waals surface area contributed by atoms with Crippen LogP contribution in [0.3, 0.4) is 0 Å². The number of amides is 1.